The Morgan fingerprint density at radius 3 is 2.76 bits per heavy atom. The number of nitrogens with zero attached hydrogens (tertiary/aromatic N) is 2. The van der Waals surface area contributed by atoms with Gasteiger partial charge in [-0.25, -0.2) is 4.98 Å². The van der Waals surface area contributed by atoms with E-state index in [1.807, 2.05) is 47.1 Å². The molecule has 5 nitrogen and oxygen atoms in total. The minimum absolute atomic E-state index is 0.281. The van der Waals surface area contributed by atoms with E-state index in [-0.39, 0.29) is 6.61 Å². The highest BCUT2D eigenvalue weighted by Crippen LogP contribution is 2.23. The van der Waals surface area contributed by atoms with E-state index < -0.39 is 6.10 Å². The van der Waals surface area contributed by atoms with Gasteiger partial charge in [-0.05, 0) is 55.8 Å². The van der Waals surface area contributed by atoms with Crippen LogP contribution in [0.15, 0.2) is 48.8 Å². The number of pyridine rings is 1. The predicted molar refractivity (Wildman–Crippen MR) is 100 cm³/mol. The monoisotopic (exact) mass is 339 g/mol. The van der Waals surface area contributed by atoms with Gasteiger partial charge < -0.3 is 19.6 Å². The van der Waals surface area contributed by atoms with Crippen molar-refractivity contribution in [2.45, 2.75) is 26.4 Å². The number of fused-ring (bicyclic) bond motifs is 1. The summed E-state index contributed by atoms with van der Waals surface area (Å²) in [5, 5.41) is 13.1. The first kappa shape index (κ1) is 17.5. The molecule has 1 unspecified atom stereocenters. The molecular weight excluding hydrogens is 314 g/mol. The molecule has 0 aliphatic heterocycles. The van der Waals surface area contributed by atoms with Crippen LogP contribution in [0.3, 0.4) is 0 Å². The molecule has 0 amide bonds. The number of aryl methyl sites for hydroxylation is 1. The zero-order valence-electron chi connectivity index (χ0n) is 14.8. The fourth-order valence-corrected chi connectivity index (χ4v) is 2.71. The van der Waals surface area contributed by atoms with E-state index in [1.165, 1.54) is 0 Å². The van der Waals surface area contributed by atoms with E-state index >= 15 is 0 Å². The third-order valence-corrected chi connectivity index (χ3v) is 4.08. The molecule has 1 aromatic carbocycles. The fourth-order valence-electron chi connectivity index (χ4n) is 2.71. The van der Waals surface area contributed by atoms with Gasteiger partial charge in [0.25, 0.3) is 0 Å². The normalized spacial score (nSPS) is 12.4. The van der Waals surface area contributed by atoms with E-state index in [1.54, 1.807) is 0 Å². The molecule has 3 rings (SSSR count). The number of rotatable bonds is 8. The lowest BCUT2D eigenvalue weighted by molar-refractivity contribution is 0.106. The third kappa shape index (κ3) is 4.38. The van der Waals surface area contributed by atoms with Crippen LogP contribution in [0.5, 0.6) is 5.75 Å². The number of aromatic nitrogens is 2. The Kier molecular flexibility index (Phi) is 5.68. The molecule has 2 aromatic heterocycles. The van der Waals surface area contributed by atoms with Crippen LogP contribution in [0.4, 0.5) is 0 Å². The van der Waals surface area contributed by atoms with Gasteiger partial charge in [0.05, 0.1) is 5.69 Å². The number of hydrogen-bond donors (Lipinski definition) is 2. The summed E-state index contributed by atoms with van der Waals surface area (Å²) in [7, 11) is 0. The van der Waals surface area contributed by atoms with Crippen molar-refractivity contribution in [3.05, 3.63) is 54.4 Å². The highest BCUT2D eigenvalue weighted by molar-refractivity contribution is 5.64. The quantitative estimate of drug-likeness (QED) is 0.619. The van der Waals surface area contributed by atoms with Crippen LogP contribution >= 0.6 is 0 Å². The molecule has 25 heavy (non-hydrogen) atoms. The minimum atomic E-state index is -0.507. The zero-order valence-corrected chi connectivity index (χ0v) is 14.8. The van der Waals surface area contributed by atoms with Gasteiger partial charge in [0.1, 0.15) is 24.1 Å². The lowest BCUT2D eigenvalue weighted by Gasteiger charge is -2.13. The Bertz CT molecular complexity index is 811. The number of aliphatic hydroxyl groups is 1. The summed E-state index contributed by atoms with van der Waals surface area (Å²) in [6.07, 6.45) is 4.58. The van der Waals surface area contributed by atoms with Crippen LogP contribution in [0.25, 0.3) is 16.9 Å². The average molecular weight is 339 g/mol. The van der Waals surface area contributed by atoms with Crippen molar-refractivity contribution in [2.24, 2.45) is 0 Å². The molecule has 0 spiro atoms. The third-order valence-electron chi connectivity index (χ3n) is 4.08. The summed E-state index contributed by atoms with van der Waals surface area (Å²) < 4.78 is 7.69. The summed E-state index contributed by atoms with van der Waals surface area (Å²) in [6, 6.07) is 11.9. The number of imidazole rings is 1. The summed E-state index contributed by atoms with van der Waals surface area (Å²) in [5.41, 5.74) is 4.10. The van der Waals surface area contributed by atoms with E-state index in [0.29, 0.717) is 6.54 Å². The zero-order chi connectivity index (χ0) is 17.6. The van der Waals surface area contributed by atoms with Gasteiger partial charge >= 0.3 is 0 Å². The van der Waals surface area contributed by atoms with Gasteiger partial charge in [0, 0.05) is 24.5 Å². The molecule has 0 aliphatic rings. The van der Waals surface area contributed by atoms with Gasteiger partial charge in [-0.2, -0.15) is 0 Å². The highest BCUT2D eigenvalue weighted by Gasteiger charge is 2.07. The van der Waals surface area contributed by atoms with Gasteiger partial charge in [0.15, 0.2) is 0 Å². The highest BCUT2D eigenvalue weighted by atomic mass is 16.5. The molecule has 0 aliphatic carbocycles. The van der Waals surface area contributed by atoms with Gasteiger partial charge in [-0.3, -0.25) is 0 Å². The lowest BCUT2D eigenvalue weighted by atomic mass is 10.1. The standard InChI is InChI=1S/C20H25N3O2/c1-3-10-21-12-17(24)14-25-18-8-6-16(7-9-18)19-13-23-11-4-5-15(2)20(23)22-19/h4-9,11,13,17,21,24H,3,10,12,14H2,1-2H3. The fraction of sp³-hybridized carbons (Fsp3) is 0.350. The van der Waals surface area contributed by atoms with Gasteiger partial charge in [-0.1, -0.05) is 13.0 Å². The van der Waals surface area contributed by atoms with E-state index in [2.05, 4.69) is 25.2 Å². The maximum absolute atomic E-state index is 9.88. The second kappa shape index (κ2) is 8.14. The first-order chi connectivity index (χ1) is 12.2. The second-order valence-electron chi connectivity index (χ2n) is 6.24. The molecular formula is C20H25N3O2. The van der Waals surface area contributed by atoms with Crippen LogP contribution in [-0.2, 0) is 0 Å². The molecule has 3 aromatic rings. The van der Waals surface area contributed by atoms with E-state index in [0.717, 1.165) is 41.2 Å². The topological polar surface area (TPSA) is 58.8 Å². The van der Waals surface area contributed by atoms with Crippen LogP contribution in [0.2, 0.25) is 0 Å². The molecule has 0 radical (unpaired) electrons. The van der Waals surface area contributed by atoms with E-state index in [4.69, 9.17) is 9.72 Å². The summed E-state index contributed by atoms with van der Waals surface area (Å²) in [5.74, 6) is 0.748. The summed E-state index contributed by atoms with van der Waals surface area (Å²) in [6.45, 7) is 5.89. The van der Waals surface area contributed by atoms with Crippen molar-refractivity contribution < 1.29 is 9.84 Å². The molecule has 0 bridgehead atoms. The van der Waals surface area contributed by atoms with Crippen molar-refractivity contribution in [3.63, 3.8) is 0 Å². The van der Waals surface area contributed by atoms with Crippen molar-refractivity contribution in [3.8, 4) is 17.0 Å². The van der Waals surface area contributed by atoms with Crippen LogP contribution in [0.1, 0.15) is 18.9 Å². The second-order valence-corrected chi connectivity index (χ2v) is 6.24. The molecule has 0 saturated carbocycles. The molecule has 0 fully saturated rings. The molecule has 5 heteroatoms. The van der Waals surface area contributed by atoms with E-state index in [9.17, 15) is 5.11 Å². The number of nitrogens with one attached hydrogen (secondary N) is 1. The maximum Gasteiger partial charge on any atom is 0.140 e. The molecule has 1 atom stereocenters. The Balaban J connectivity index is 1.62. The number of aliphatic hydroxyl groups excluding tert-OH is 1. The molecule has 2 heterocycles. The van der Waals surface area contributed by atoms with Crippen molar-refractivity contribution >= 4 is 5.65 Å². The molecule has 0 saturated heterocycles. The van der Waals surface area contributed by atoms with Gasteiger partial charge in [-0.15, -0.1) is 0 Å². The Morgan fingerprint density at radius 2 is 2.04 bits per heavy atom. The lowest BCUT2D eigenvalue weighted by Crippen LogP contribution is -2.31. The SMILES string of the molecule is CCCNCC(O)COc1ccc(-c2cn3cccc(C)c3n2)cc1. The van der Waals surface area contributed by atoms with Crippen LogP contribution in [-0.4, -0.2) is 40.3 Å². The Morgan fingerprint density at radius 1 is 1.24 bits per heavy atom. The van der Waals surface area contributed by atoms with Crippen LogP contribution < -0.4 is 10.1 Å². The van der Waals surface area contributed by atoms with Crippen molar-refractivity contribution in [1.29, 1.82) is 0 Å². The van der Waals surface area contributed by atoms with Gasteiger partial charge in [0.2, 0.25) is 0 Å². The molecule has 2 N–H and O–H groups in total. The number of benzene rings is 1. The first-order valence-corrected chi connectivity index (χ1v) is 8.73. The first-order valence-electron chi connectivity index (χ1n) is 8.73. The Hall–Kier alpha value is -2.37. The van der Waals surface area contributed by atoms with Crippen molar-refractivity contribution in [2.75, 3.05) is 19.7 Å². The predicted octanol–water partition coefficient (Wildman–Crippen LogP) is 3.05. The number of ether oxygens (including phenoxy) is 1. The summed E-state index contributed by atoms with van der Waals surface area (Å²) in [4.78, 5) is 4.70. The maximum atomic E-state index is 9.88. The Labute approximate surface area is 148 Å². The number of hydrogen-bond acceptors (Lipinski definition) is 4. The minimum Gasteiger partial charge on any atom is -0.491 e. The smallest absolute Gasteiger partial charge is 0.140 e. The average Bonchev–Trinajstić information content (AvgIpc) is 3.06. The van der Waals surface area contributed by atoms with Crippen molar-refractivity contribution in [1.82, 2.24) is 14.7 Å². The summed E-state index contributed by atoms with van der Waals surface area (Å²) >= 11 is 0. The molecule has 132 valence electrons. The van der Waals surface area contributed by atoms with Crippen LogP contribution in [0, 0.1) is 6.92 Å². The largest absolute Gasteiger partial charge is 0.491 e.